The van der Waals surface area contributed by atoms with Crippen LogP contribution in [0.5, 0.6) is 0 Å². The van der Waals surface area contributed by atoms with E-state index < -0.39 is 34.3 Å². The summed E-state index contributed by atoms with van der Waals surface area (Å²) in [4.78, 5) is 27.4. The molecule has 0 radical (unpaired) electrons. The van der Waals surface area contributed by atoms with Gasteiger partial charge in [0.1, 0.15) is 18.4 Å². The fourth-order valence-corrected chi connectivity index (χ4v) is 4.16. The van der Waals surface area contributed by atoms with Crippen molar-refractivity contribution in [1.29, 1.82) is 0 Å². The summed E-state index contributed by atoms with van der Waals surface area (Å²) in [6.07, 6.45) is 0.974. The van der Waals surface area contributed by atoms with Gasteiger partial charge in [0.15, 0.2) is 0 Å². The van der Waals surface area contributed by atoms with E-state index in [-0.39, 0.29) is 24.1 Å². The number of amides is 2. The van der Waals surface area contributed by atoms with Crippen molar-refractivity contribution in [3.8, 4) is 0 Å². The molecule has 0 aliphatic rings. The maximum absolute atomic E-state index is 13.4. The van der Waals surface area contributed by atoms with Crippen molar-refractivity contribution >= 4 is 43.5 Å². The second-order valence-electron chi connectivity index (χ2n) is 8.21. The van der Waals surface area contributed by atoms with Gasteiger partial charge in [0.25, 0.3) is 0 Å². The Kier molecular flexibility index (Phi) is 9.42. The van der Waals surface area contributed by atoms with Crippen molar-refractivity contribution < 1.29 is 22.4 Å². The smallest absolute Gasteiger partial charge is 0.244 e. The first kappa shape index (κ1) is 26.8. The Hall–Kier alpha value is -2.46. The van der Waals surface area contributed by atoms with Gasteiger partial charge in [0.05, 0.1) is 11.9 Å². The number of nitrogens with one attached hydrogen (secondary N) is 1. The summed E-state index contributed by atoms with van der Waals surface area (Å²) in [5.41, 5.74) is 0.940. The van der Waals surface area contributed by atoms with Crippen LogP contribution in [-0.2, 0) is 26.2 Å². The zero-order valence-corrected chi connectivity index (χ0v) is 21.5. The molecule has 1 atom stereocenters. The second kappa shape index (κ2) is 11.6. The Morgan fingerprint density at radius 2 is 1.61 bits per heavy atom. The van der Waals surface area contributed by atoms with Crippen molar-refractivity contribution in [3.05, 3.63) is 64.4 Å². The lowest BCUT2D eigenvalue weighted by Crippen LogP contribution is -2.51. The molecule has 0 unspecified atom stereocenters. The molecule has 180 valence electrons. The SMILES string of the molecule is CC(C)CNC(=O)[C@H](C)N(Cc1ccc(Br)cc1)C(=O)CN(c1ccc(F)cc1)S(C)(=O)=O. The molecule has 0 aliphatic carbocycles. The van der Waals surface area contributed by atoms with Gasteiger partial charge in [-0.1, -0.05) is 41.9 Å². The maximum Gasteiger partial charge on any atom is 0.244 e. The summed E-state index contributed by atoms with van der Waals surface area (Å²) in [5, 5.41) is 2.82. The first-order chi connectivity index (χ1) is 15.4. The number of rotatable bonds is 10. The van der Waals surface area contributed by atoms with Crippen LogP contribution in [0.15, 0.2) is 53.0 Å². The van der Waals surface area contributed by atoms with Crippen LogP contribution in [0.25, 0.3) is 0 Å². The van der Waals surface area contributed by atoms with Gasteiger partial charge in [-0.3, -0.25) is 13.9 Å². The van der Waals surface area contributed by atoms with Crippen LogP contribution in [0, 0.1) is 11.7 Å². The molecule has 33 heavy (non-hydrogen) atoms. The highest BCUT2D eigenvalue weighted by Gasteiger charge is 2.30. The predicted octanol–water partition coefficient (Wildman–Crippen LogP) is 3.54. The molecule has 0 bridgehead atoms. The predicted molar refractivity (Wildman–Crippen MR) is 131 cm³/mol. The van der Waals surface area contributed by atoms with Crippen LogP contribution in [0.3, 0.4) is 0 Å². The van der Waals surface area contributed by atoms with Gasteiger partial charge < -0.3 is 10.2 Å². The van der Waals surface area contributed by atoms with Crippen molar-refractivity contribution in [2.75, 3.05) is 23.7 Å². The lowest BCUT2D eigenvalue weighted by molar-refractivity contribution is -0.139. The van der Waals surface area contributed by atoms with Crippen LogP contribution in [-0.4, -0.2) is 50.5 Å². The van der Waals surface area contributed by atoms with E-state index in [1.807, 2.05) is 38.1 Å². The minimum Gasteiger partial charge on any atom is -0.354 e. The zero-order chi connectivity index (χ0) is 24.8. The van der Waals surface area contributed by atoms with E-state index in [0.717, 1.165) is 32.7 Å². The highest BCUT2D eigenvalue weighted by atomic mass is 79.9. The maximum atomic E-state index is 13.4. The van der Waals surface area contributed by atoms with E-state index in [1.165, 1.54) is 17.0 Å². The van der Waals surface area contributed by atoms with Gasteiger partial charge in [-0.2, -0.15) is 0 Å². The molecule has 0 spiro atoms. The summed E-state index contributed by atoms with van der Waals surface area (Å²) in [6.45, 7) is 5.57. The molecule has 0 fully saturated rings. The normalized spacial score (nSPS) is 12.3. The molecule has 0 heterocycles. The first-order valence-corrected chi connectivity index (χ1v) is 13.1. The van der Waals surface area contributed by atoms with Crippen LogP contribution in [0.1, 0.15) is 26.3 Å². The number of hydrogen-bond acceptors (Lipinski definition) is 4. The number of sulfonamides is 1. The van der Waals surface area contributed by atoms with Gasteiger partial charge >= 0.3 is 0 Å². The summed E-state index contributed by atoms with van der Waals surface area (Å²) in [6, 6.07) is 11.3. The van der Waals surface area contributed by atoms with Crippen molar-refractivity contribution in [2.24, 2.45) is 5.92 Å². The topological polar surface area (TPSA) is 86.8 Å². The highest BCUT2D eigenvalue weighted by Crippen LogP contribution is 2.20. The van der Waals surface area contributed by atoms with Crippen LogP contribution in [0.2, 0.25) is 0 Å². The standard InChI is InChI=1S/C23H29BrFN3O4S/c1-16(2)13-26-23(30)17(3)27(14-18-5-7-19(24)8-6-18)22(29)15-28(33(4,31)32)21-11-9-20(25)10-12-21/h5-12,16-17H,13-15H2,1-4H3,(H,26,30)/t17-/m0/s1. The van der Waals surface area contributed by atoms with E-state index in [9.17, 15) is 22.4 Å². The largest absolute Gasteiger partial charge is 0.354 e. The number of hydrogen-bond donors (Lipinski definition) is 1. The molecular weight excluding hydrogens is 513 g/mol. The minimum absolute atomic E-state index is 0.114. The molecule has 1 N–H and O–H groups in total. The Morgan fingerprint density at radius 3 is 2.12 bits per heavy atom. The molecule has 0 saturated carbocycles. The molecule has 7 nitrogen and oxygen atoms in total. The summed E-state index contributed by atoms with van der Waals surface area (Å²) in [7, 11) is -3.85. The Labute approximate surface area is 203 Å². The zero-order valence-electron chi connectivity index (χ0n) is 19.1. The van der Waals surface area contributed by atoms with E-state index in [0.29, 0.717) is 6.54 Å². The third kappa shape index (κ3) is 8.12. The molecule has 0 saturated heterocycles. The molecule has 2 rings (SSSR count). The Morgan fingerprint density at radius 1 is 1.03 bits per heavy atom. The number of nitrogens with zero attached hydrogens (tertiary/aromatic N) is 2. The number of anilines is 1. The summed E-state index contributed by atoms with van der Waals surface area (Å²) >= 11 is 3.37. The third-order valence-corrected chi connectivity index (χ3v) is 6.58. The van der Waals surface area contributed by atoms with Gasteiger partial charge in [-0.15, -0.1) is 0 Å². The number of halogens is 2. The highest BCUT2D eigenvalue weighted by molar-refractivity contribution is 9.10. The lowest BCUT2D eigenvalue weighted by atomic mass is 10.1. The molecule has 2 aromatic carbocycles. The van der Waals surface area contributed by atoms with Crippen LogP contribution < -0.4 is 9.62 Å². The van der Waals surface area contributed by atoms with Crippen LogP contribution >= 0.6 is 15.9 Å². The average Bonchev–Trinajstić information content (AvgIpc) is 2.74. The average molecular weight is 542 g/mol. The van der Waals surface area contributed by atoms with Gasteiger partial charge in [0.2, 0.25) is 21.8 Å². The molecule has 2 amide bonds. The lowest BCUT2D eigenvalue weighted by Gasteiger charge is -2.31. The van der Waals surface area contributed by atoms with E-state index in [4.69, 9.17) is 0 Å². The molecule has 0 aromatic heterocycles. The molecule has 0 aliphatic heterocycles. The van der Waals surface area contributed by atoms with Gasteiger partial charge in [0, 0.05) is 17.6 Å². The fraction of sp³-hybridized carbons (Fsp3) is 0.391. The third-order valence-electron chi connectivity index (χ3n) is 4.91. The van der Waals surface area contributed by atoms with E-state index >= 15 is 0 Å². The summed E-state index contributed by atoms with van der Waals surface area (Å²) in [5.74, 6) is -1.18. The molecule has 10 heteroatoms. The van der Waals surface area contributed by atoms with Crippen molar-refractivity contribution in [2.45, 2.75) is 33.4 Å². The van der Waals surface area contributed by atoms with Gasteiger partial charge in [-0.05, 0) is 54.8 Å². The summed E-state index contributed by atoms with van der Waals surface area (Å²) < 4.78 is 40.0. The number of carbonyl (C=O) groups is 2. The fourth-order valence-electron chi connectivity index (χ4n) is 3.04. The van der Waals surface area contributed by atoms with Gasteiger partial charge in [-0.25, -0.2) is 12.8 Å². The van der Waals surface area contributed by atoms with E-state index in [1.54, 1.807) is 6.92 Å². The second-order valence-corrected chi connectivity index (χ2v) is 11.0. The quantitative estimate of drug-likeness (QED) is 0.498. The number of carbonyl (C=O) groups excluding carboxylic acids is 2. The van der Waals surface area contributed by atoms with Crippen LogP contribution in [0.4, 0.5) is 10.1 Å². The number of benzene rings is 2. The van der Waals surface area contributed by atoms with E-state index in [2.05, 4.69) is 21.2 Å². The minimum atomic E-state index is -3.85. The molecular formula is C23H29BrFN3O4S. The Bertz CT molecular complexity index is 1060. The van der Waals surface area contributed by atoms with Crippen molar-refractivity contribution in [1.82, 2.24) is 10.2 Å². The first-order valence-electron chi connectivity index (χ1n) is 10.4. The molecule has 2 aromatic rings. The monoisotopic (exact) mass is 541 g/mol. The Balaban J connectivity index is 2.34. The van der Waals surface area contributed by atoms with Crippen molar-refractivity contribution in [3.63, 3.8) is 0 Å².